The topological polar surface area (TPSA) is 75.7 Å². The Morgan fingerprint density at radius 3 is 1.89 bits per heavy atom. The summed E-state index contributed by atoms with van der Waals surface area (Å²) in [6, 6.07) is 13.2. The molecule has 1 aliphatic rings. The lowest BCUT2D eigenvalue weighted by Gasteiger charge is -2.20. The van der Waals surface area contributed by atoms with Gasteiger partial charge in [-0.05, 0) is 61.4 Å². The fourth-order valence-corrected chi connectivity index (χ4v) is 3.23. The zero-order valence-corrected chi connectivity index (χ0v) is 15.9. The molecule has 146 valence electrons. The second-order valence-corrected chi connectivity index (χ2v) is 6.81. The number of hydrogen-bond donors (Lipinski definition) is 1. The van der Waals surface area contributed by atoms with Crippen molar-refractivity contribution in [1.82, 2.24) is 4.90 Å². The molecule has 3 rings (SSSR count). The fourth-order valence-electron chi connectivity index (χ4n) is 3.23. The summed E-state index contributed by atoms with van der Waals surface area (Å²) in [5.74, 6) is -0.696. The third-order valence-electron chi connectivity index (χ3n) is 4.85. The van der Waals surface area contributed by atoms with E-state index in [1.165, 1.54) is 20.0 Å². The van der Waals surface area contributed by atoms with Gasteiger partial charge in [-0.1, -0.05) is 12.8 Å². The Hall–Kier alpha value is -3.15. The predicted molar refractivity (Wildman–Crippen MR) is 107 cm³/mol. The lowest BCUT2D eigenvalue weighted by atomic mass is 10.1. The molecule has 2 aromatic rings. The van der Waals surface area contributed by atoms with E-state index in [0.29, 0.717) is 22.4 Å². The maximum atomic E-state index is 12.6. The van der Waals surface area contributed by atoms with Crippen LogP contribution in [0.25, 0.3) is 0 Å². The van der Waals surface area contributed by atoms with Crippen molar-refractivity contribution in [3.63, 3.8) is 0 Å². The van der Waals surface area contributed by atoms with Gasteiger partial charge in [0.05, 0.1) is 12.7 Å². The molecule has 1 heterocycles. The van der Waals surface area contributed by atoms with Crippen LogP contribution in [0.2, 0.25) is 0 Å². The number of carbonyl (C=O) groups excluding carboxylic acids is 3. The SMILES string of the molecule is COC(=O)c1ccc(C(=O)Nc2ccc(C(=O)N3CCCCCC3)cc2)cc1. The Labute approximate surface area is 164 Å². The van der Waals surface area contributed by atoms with Crippen molar-refractivity contribution < 1.29 is 19.1 Å². The number of likely N-dealkylation sites (tertiary alicyclic amines) is 1. The van der Waals surface area contributed by atoms with Gasteiger partial charge in [0.15, 0.2) is 0 Å². The van der Waals surface area contributed by atoms with E-state index in [9.17, 15) is 14.4 Å². The van der Waals surface area contributed by atoms with Crippen molar-refractivity contribution in [2.24, 2.45) is 0 Å². The minimum atomic E-state index is -0.448. The predicted octanol–water partition coefficient (Wildman–Crippen LogP) is 3.74. The van der Waals surface area contributed by atoms with Crippen LogP contribution in [0.15, 0.2) is 48.5 Å². The quantitative estimate of drug-likeness (QED) is 0.820. The van der Waals surface area contributed by atoms with Gasteiger partial charge in [0, 0.05) is 29.9 Å². The van der Waals surface area contributed by atoms with Crippen LogP contribution in [-0.2, 0) is 4.74 Å². The zero-order chi connectivity index (χ0) is 19.9. The highest BCUT2D eigenvalue weighted by atomic mass is 16.5. The van der Waals surface area contributed by atoms with Crippen molar-refractivity contribution in [2.75, 3.05) is 25.5 Å². The molecular weight excluding hydrogens is 356 g/mol. The fraction of sp³-hybridized carbons (Fsp3) is 0.318. The van der Waals surface area contributed by atoms with E-state index in [-0.39, 0.29) is 11.8 Å². The van der Waals surface area contributed by atoms with Crippen LogP contribution in [0.1, 0.15) is 56.8 Å². The minimum Gasteiger partial charge on any atom is -0.465 e. The molecule has 2 aromatic carbocycles. The van der Waals surface area contributed by atoms with Gasteiger partial charge in [0.25, 0.3) is 11.8 Å². The number of ether oxygens (including phenoxy) is 1. The zero-order valence-electron chi connectivity index (χ0n) is 15.9. The Morgan fingerprint density at radius 1 is 0.786 bits per heavy atom. The molecule has 0 saturated carbocycles. The number of benzene rings is 2. The number of esters is 1. The third-order valence-corrected chi connectivity index (χ3v) is 4.85. The second-order valence-electron chi connectivity index (χ2n) is 6.81. The summed E-state index contributed by atoms with van der Waals surface area (Å²) in [4.78, 5) is 38.3. The normalized spacial score (nSPS) is 14.1. The standard InChI is InChI=1S/C22H24N2O4/c1-28-22(27)18-8-6-16(7-9-18)20(25)23-19-12-10-17(11-13-19)21(26)24-14-4-2-3-5-15-24/h6-13H,2-5,14-15H2,1H3,(H,23,25). The average Bonchev–Trinajstić information content (AvgIpc) is 3.03. The van der Waals surface area contributed by atoms with Gasteiger partial charge < -0.3 is 15.0 Å². The first kappa shape index (κ1) is 19.6. The van der Waals surface area contributed by atoms with E-state index < -0.39 is 5.97 Å². The highest BCUT2D eigenvalue weighted by molar-refractivity contribution is 6.05. The van der Waals surface area contributed by atoms with Crippen LogP contribution in [0.5, 0.6) is 0 Å². The molecule has 2 amide bonds. The molecule has 0 aliphatic carbocycles. The molecule has 0 radical (unpaired) electrons. The van der Waals surface area contributed by atoms with Gasteiger partial charge in [-0.15, -0.1) is 0 Å². The highest BCUT2D eigenvalue weighted by Crippen LogP contribution is 2.16. The average molecular weight is 380 g/mol. The van der Waals surface area contributed by atoms with E-state index >= 15 is 0 Å². The Balaban J connectivity index is 1.62. The molecule has 6 heteroatoms. The van der Waals surface area contributed by atoms with Crippen LogP contribution in [0, 0.1) is 0 Å². The maximum Gasteiger partial charge on any atom is 0.337 e. The lowest BCUT2D eigenvalue weighted by molar-refractivity contribution is 0.0600. The Morgan fingerprint density at radius 2 is 1.32 bits per heavy atom. The van der Waals surface area contributed by atoms with Gasteiger partial charge in [-0.25, -0.2) is 4.79 Å². The molecule has 1 saturated heterocycles. The largest absolute Gasteiger partial charge is 0.465 e. The lowest BCUT2D eigenvalue weighted by Crippen LogP contribution is -2.31. The monoisotopic (exact) mass is 380 g/mol. The first-order chi connectivity index (χ1) is 13.6. The van der Waals surface area contributed by atoms with Crippen LogP contribution < -0.4 is 5.32 Å². The van der Waals surface area contributed by atoms with Gasteiger partial charge in [0.2, 0.25) is 0 Å². The number of nitrogens with zero attached hydrogens (tertiary/aromatic N) is 1. The summed E-state index contributed by atoms with van der Waals surface area (Å²) in [6.07, 6.45) is 4.45. The molecule has 1 aliphatic heterocycles. The smallest absolute Gasteiger partial charge is 0.337 e. The van der Waals surface area contributed by atoms with Crippen LogP contribution >= 0.6 is 0 Å². The second kappa shape index (κ2) is 9.17. The molecule has 0 atom stereocenters. The number of nitrogens with one attached hydrogen (secondary N) is 1. The van der Waals surface area contributed by atoms with Crippen molar-refractivity contribution in [3.05, 3.63) is 65.2 Å². The van der Waals surface area contributed by atoms with E-state index in [4.69, 9.17) is 0 Å². The van der Waals surface area contributed by atoms with Gasteiger partial charge in [0.1, 0.15) is 0 Å². The van der Waals surface area contributed by atoms with Crippen molar-refractivity contribution >= 4 is 23.5 Å². The first-order valence-electron chi connectivity index (χ1n) is 9.47. The van der Waals surface area contributed by atoms with E-state index in [1.54, 1.807) is 48.5 Å². The molecule has 28 heavy (non-hydrogen) atoms. The number of rotatable bonds is 4. The molecule has 1 fully saturated rings. The van der Waals surface area contributed by atoms with Gasteiger partial charge in [-0.3, -0.25) is 9.59 Å². The van der Waals surface area contributed by atoms with E-state index in [2.05, 4.69) is 10.1 Å². The summed E-state index contributed by atoms with van der Waals surface area (Å²) < 4.78 is 4.64. The number of methoxy groups -OCH3 is 1. The van der Waals surface area contributed by atoms with E-state index in [0.717, 1.165) is 25.9 Å². The Kier molecular flexibility index (Phi) is 6.42. The van der Waals surface area contributed by atoms with Crippen LogP contribution in [0.3, 0.4) is 0 Å². The van der Waals surface area contributed by atoms with Crippen molar-refractivity contribution in [1.29, 1.82) is 0 Å². The van der Waals surface area contributed by atoms with Crippen molar-refractivity contribution in [3.8, 4) is 0 Å². The van der Waals surface area contributed by atoms with E-state index in [1.807, 2.05) is 4.90 Å². The Bertz CT molecular complexity index is 836. The van der Waals surface area contributed by atoms with Crippen LogP contribution in [-0.4, -0.2) is 42.9 Å². The summed E-state index contributed by atoms with van der Waals surface area (Å²) in [7, 11) is 1.31. The molecule has 1 N–H and O–H groups in total. The third kappa shape index (κ3) is 4.76. The number of amides is 2. The maximum absolute atomic E-state index is 12.6. The molecule has 0 spiro atoms. The molecular formula is C22H24N2O4. The number of hydrogen-bond acceptors (Lipinski definition) is 4. The van der Waals surface area contributed by atoms with Crippen LogP contribution in [0.4, 0.5) is 5.69 Å². The van der Waals surface area contributed by atoms with Gasteiger partial charge in [-0.2, -0.15) is 0 Å². The first-order valence-corrected chi connectivity index (χ1v) is 9.47. The summed E-state index contributed by atoms with van der Waals surface area (Å²) in [6.45, 7) is 1.61. The molecule has 6 nitrogen and oxygen atoms in total. The molecule has 0 aromatic heterocycles. The minimum absolute atomic E-state index is 0.0400. The number of anilines is 1. The van der Waals surface area contributed by atoms with Crippen molar-refractivity contribution in [2.45, 2.75) is 25.7 Å². The van der Waals surface area contributed by atoms with Gasteiger partial charge >= 0.3 is 5.97 Å². The molecule has 0 unspecified atom stereocenters. The number of carbonyl (C=O) groups is 3. The molecule has 0 bridgehead atoms. The summed E-state index contributed by atoms with van der Waals surface area (Å²) in [5, 5.41) is 2.80. The summed E-state index contributed by atoms with van der Waals surface area (Å²) >= 11 is 0. The highest BCUT2D eigenvalue weighted by Gasteiger charge is 2.17. The summed E-state index contributed by atoms with van der Waals surface area (Å²) in [5.41, 5.74) is 2.05.